The maximum Gasteiger partial charge on any atom is 0.417 e. The van der Waals surface area contributed by atoms with Crippen LogP contribution >= 0.6 is 0 Å². The van der Waals surface area contributed by atoms with E-state index in [4.69, 9.17) is 0 Å². The highest BCUT2D eigenvalue weighted by molar-refractivity contribution is 6.07. The molecule has 0 N–H and O–H groups in total. The number of nitrogens with zero attached hydrogens (tertiary/aromatic N) is 1. The van der Waals surface area contributed by atoms with Gasteiger partial charge in [0.05, 0.1) is 11.0 Å². The average molecular weight is 291 g/mol. The van der Waals surface area contributed by atoms with Crippen molar-refractivity contribution in [2.24, 2.45) is 0 Å². The number of hydrogen-bond acceptors (Lipinski definition) is 2. The van der Waals surface area contributed by atoms with Gasteiger partial charge >= 0.3 is 6.18 Å². The smallest absolute Gasteiger partial charge is 0.293 e. The van der Waals surface area contributed by atoms with Crippen molar-refractivity contribution in [3.63, 3.8) is 0 Å². The standard InChI is InChI=1S/C16H12F3NO/c17-16(18,19)13-6-9-20-10-12(13)14(21)15(7-8-15)11-4-2-1-3-5-11/h1-6,9-10H,7-8H2. The van der Waals surface area contributed by atoms with Crippen molar-refractivity contribution in [3.8, 4) is 0 Å². The summed E-state index contributed by atoms with van der Waals surface area (Å²) in [6, 6.07) is 9.82. The molecule has 0 unspecified atom stereocenters. The largest absolute Gasteiger partial charge is 0.417 e. The predicted octanol–water partition coefficient (Wildman–Crippen LogP) is 4.01. The van der Waals surface area contributed by atoms with Crippen LogP contribution in [0.5, 0.6) is 0 Å². The number of carbonyl (C=O) groups is 1. The molecule has 0 saturated heterocycles. The normalized spacial score (nSPS) is 16.5. The summed E-state index contributed by atoms with van der Waals surface area (Å²) in [6.07, 6.45) is -1.33. The van der Waals surface area contributed by atoms with Crippen LogP contribution in [0.3, 0.4) is 0 Å². The minimum Gasteiger partial charge on any atom is -0.293 e. The number of aromatic nitrogens is 1. The Bertz CT molecular complexity index is 675. The number of alkyl halides is 3. The lowest BCUT2D eigenvalue weighted by atomic mass is 9.86. The maximum atomic E-state index is 13.0. The Balaban J connectivity index is 2.05. The Morgan fingerprint density at radius 3 is 2.33 bits per heavy atom. The van der Waals surface area contributed by atoms with Gasteiger partial charge in [-0.15, -0.1) is 0 Å². The summed E-state index contributed by atoms with van der Waals surface area (Å²) in [5, 5.41) is 0. The first-order chi connectivity index (χ1) is 9.95. The fourth-order valence-electron chi connectivity index (χ4n) is 2.61. The molecule has 108 valence electrons. The molecule has 1 aromatic heterocycles. The number of pyridine rings is 1. The van der Waals surface area contributed by atoms with Gasteiger partial charge in [0, 0.05) is 18.0 Å². The third-order valence-electron chi connectivity index (χ3n) is 3.88. The van der Waals surface area contributed by atoms with Crippen LogP contribution in [0.2, 0.25) is 0 Å². The molecule has 3 rings (SSSR count). The molecule has 21 heavy (non-hydrogen) atoms. The number of rotatable bonds is 3. The van der Waals surface area contributed by atoms with Crippen molar-refractivity contribution in [1.29, 1.82) is 0 Å². The van der Waals surface area contributed by atoms with E-state index in [9.17, 15) is 18.0 Å². The third-order valence-corrected chi connectivity index (χ3v) is 3.88. The van der Waals surface area contributed by atoms with Gasteiger partial charge in [0.1, 0.15) is 0 Å². The van der Waals surface area contributed by atoms with Crippen LogP contribution in [-0.4, -0.2) is 10.8 Å². The van der Waals surface area contributed by atoms with Gasteiger partial charge in [0.2, 0.25) is 0 Å². The van der Waals surface area contributed by atoms with Gasteiger partial charge in [0.15, 0.2) is 5.78 Å². The predicted molar refractivity (Wildman–Crippen MR) is 70.9 cm³/mol. The first-order valence-electron chi connectivity index (χ1n) is 6.57. The lowest BCUT2D eigenvalue weighted by Gasteiger charge is -2.17. The van der Waals surface area contributed by atoms with Crippen LogP contribution in [0.25, 0.3) is 0 Å². The van der Waals surface area contributed by atoms with Crippen LogP contribution < -0.4 is 0 Å². The second-order valence-corrected chi connectivity index (χ2v) is 5.20. The Labute approximate surface area is 119 Å². The minimum absolute atomic E-state index is 0.341. The van der Waals surface area contributed by atoms with Gasteiger partial charge < -0.3 is 0 Å². The van der Waals surface area contributed by atoms with Crippen molar-refractivity contribution in [2.45, 2.75) is 24.4 Å². The number of benzene rings is 1. The summed E-state index contributed by atoms with van der Waals surface area (Å²) in [5.74, 6) is -0.492. The molecule has 1 aliphatic carbocycles. The van der Waals surface area contributed by atoms with Crippen molar-refractivity contribution >= 4 is 5.78 Å². The minimum atomic E-state index is -4.55. The summed E-state index contributed by atoms with van der Waals surface area (Å²) >= 11 is 0. The molecule has 2 aromatic rings. The van der Waals surface area contributed by atoms with Crippen molar-refractivity contribution in [2.75, 3.05) is 0 Å². The number of Topliss-reactive ketones (excluding diaryl/α,β-unsaturated/α-hetero) is 1. The molecule has 0 bridgehead atoms. The zero-order chi connectivity index (χ0) is 15.1. The topological polar surface area (TPSA) is 30.0 Å². The summed E-state index contributed by atoms with van der Waals surface area (Å²) in [5.41, 5.74) is -1.30. The number of ketones is 1. The summed E-state index contributed by atoms with van der Waals surface area (Å²) in [7, 11) is 0. The van der Waals surface area contributed by atoms with Gasteiger partial charge in [0.25, 0.3) is 0 Å². The lowest BCUT2D eigenvalue weighted by molar-refractivity contribution is -0.138. The number of halogens is 3. The van der Waals surface area contributed by atoms with Crippen molar-refractivity contribution in [3.05, 3.63) is 65.5 Å². The Kier molecular flexibility index (Phi) is 3.08. The quantitative estimate of drug-likeness (QED) is 0.800. The molecule has 0 amide bonds. The maximum absolute atomic E-state index is 13.0. The zero-order valence-electron chi connectivity index (χ0n) is 11.0. The Morgan fingerprint density at radius 2 is 1.76 bits per heavy atom. The van der Waals surface area contributed by atoms with Crippen LogP contribution in [0, 0.1) is 0 Å². The number of hydrogen-bond donors (Lipinski definition) is 0. The molecule has 2 nitrogen and oxygen atoms in total. The molecular weight excluding hydrogens is 279 g/mol. The molecule has 1 saturated carbocycles. The molecule has 1 aliphatic rings. The molecule has 0 radical (unpaired) electrons. The molecule has 0 atom stereocenters. The molecule has 1 fully saturated rings. The van der Waals surface area contributed by atoms with Crippen molar-refractivity contribution < 1.29 is 18.0 Å². The van der Waals surface area contributed by atoms with E-state index in [0.29, 0.717) is 12.8 Å². The molecule has 0 spiro atoms. The zero-order valence-corrected chi connectivity index (χ0v) is 11.0. The Morgan fingerprint density at radius 1 is 1.10 bits per heavy atom. The van der Waals surface area contributed by atoms with Crippen LogP contribution in [0.1, 0.15) is 34.3 Å². The summed E-state index contributed by atoms with van der Waals surface area (Å²) in [6.45, 7) is 0. The fraction of sp³-hybridized carbons (Fsp3) is 0.250. The highest BCUT2D eigenvalue weighted by Crippen LogP contribution is 2.51. The fourth-order valence-corrected chi connectivity index (χ4v) is 2.61. The van der Waals surface area contributed by atoms with Crippen LogP contribution in [-0.2, 0) is 11.6 Å². The van der Waals surface area contributed by atoms with Crippen LogP contribution in [0.15, 0.2) is 48.8 Å². The monoisotopic (exact) mass is 291 g/mol. The first kappa shape index (κ1) is 13.8. The van der Waals surface area contributed by atoms with E-state index in [-0.39, 0.29) is 5.56 Å². The van der Waals surface area contributed by atoms with Gasteiger partial charge in [-0.3, -0.25) is 9.78 Å². The van der Waals surface area contributed by atoms with E-state index in [1.54, 1.807) is 24.3 Å². The second-order valence-electron chi connectivity index (χ2n) is 5.20. The summed E-state index contributed by atoms with van der Waals surface area (Å²) in [4.78, 5) is 16.4. The third kappa shape index (κ3) is 2.33. The summed E-state index contributed by atoms with van der Waals surface area (Å²) < 4.78 is 39.1. The van der Waals surface area contributed by atoms with Crippen molar-refractivity contribution in [1.82, 2.24) is 4.98 Å². The van der Waals surface area contributed by atoms with Gasteiger partial charge in [-0.1, -0.05) is 30.3 Å². The highest BCUT2D eigenvalue weighted by atomic mass is 19.4. The van der Waals surface area contributed by atoms with E-state index in [1.165, 1.54) is 0 Å². The van der Waals surface area contributed by atoms with Gasteiger partial charge in [-0.25, -0.2) is 0 Å². The second kappa shape index (κ2) is 4.69. The van der Waals surface area contributed by atoms with E-state index < -0.39 is 22.9 Å². The molecule has 1 aromatic carbocycles. The SMILES string of the molecule is O=C(c1cnccc1C(F)(F)F)C1(c2ccccc2)CC1. The lowest BCUT2D eigenvalue weighted by Crippen LogP contribution is -2.24. The molecule has 5 heteroatoms. The van der Waals surface area contributed by atoms with E-state index in [2.05, 4.69) is 4.98 Å². The van der Waals surface area contributed by atoms with Gasteiger partial charge in [-0.2, -0.15) is 13.2 Å². The van der Waals surface area contributed by atoms with E-state index in [1.807, 2.05) is 6.07 Å². The molecule has 1 heterocycles. The van der Waals surface area contributed by atoms with Crippen LogP contribution in [0.4, 0.5) is 13.2 Å². The first-order valence-corrected chi connectivity index (χ1v) is 6.57. The number of carbonyl (C=O) groups excluding carboxylic acids is 1. The Hall–Kier alpha value is -2.17. The van der Waals surface area contributed by atoms with E-state index >= 15 is 0 Å². The highest BCUT2D eigenvalue weighted by Gasteiger charge is 2.52. The average Bonchev–Trinajstić information content (AvgIpc) is 3.28. The van der Waals surface area contributed by atoms with Gasteiger partial charge in [-0.05, 0) is 24.5 Å². The molecular formula is C16H12F3NO. The van der Waals surface area contributed by atoms with E-state index in [0.717, 1.165) is 24.0 Å². The molecule has 0 aliphatic heterocycles.